The van der Waals surface area contributed by atoms with E-state index in [1.165, 1.54) is 6.42 Å². The van der Waals surface area contributed by atoms with Crippen LogP contribution in [0.1, 0.15) is 38.8 Å². The molecule has 0 bridgehead atoms. The summed E-state index contributed by atoms with van der Waals surface area (Å²) in [5.41, 5.74) is 1.49. The van der Waals surface area contributed by atoms with E-state index < -0.39 is 0 Å². The Morgan fingerprint density at radius 1 is 1.37 bits per heavy atom. The molecule has 2 aromatic heterocycles. The number of rotatable bonds is 6. The predicted molar refractivity (Wildman–Crippen MR) is 77.3 cm³/mol. The van der Waals surface area contributed by atoms with Crippen LogP contribution in [0.4, 0.5) is 0 Å². The summed E-state index contributed by atoms with van der Waals surface area (Å²) >= 11 is 0. The quantitative estimate of drug-likeness (QED) is 0.866. The SMILES string of the molecule is CCCC(CC)NCc1cc(=O)n2ccccc2n1. The van der Waals surface area contributed by atoms with Gasteiger partial charge < -0.3 is 5.32 Å². The number of hydrogen-bond donors (Lipinski definition) is 1. The molecule has 0 aromatic carbocycles. The van der Waals surface area contributed by atoms with Crippen LogP contribution in [0, 0.1) is 0 Å². The van der Waals surface area contributed by atoms with Crippen LogP contribution in [0.5, 0.6) is 0 Å². The van der Waals surface area contributed by atoms with E-state index in [0.29, 0.717) is 18.2 Å². The van der Waals surface area contributed by atoms with Gasteiger partial charge in [0.05, 0.1) is 5.69 Å². The third-order valence-corrected chi connectivity index (χ3v) is 3.33. The van der Waals surface area contributed by atoms with E-state index in [1.807, 2.05) is 18.2 Å². The molecule has 19 heavy (non-hydrogen) atoms. The van der Waals surface area contributed by atoms with Crippen molar-refractivity contribution in [3.05, 3.63) is 46.5 Å². The molecule has 1 N–H and O–H groups in total. The normalized spacial score (nSPS) is 12.7. The molecule has 0 aliphatic carbocycles. The summed E-state index contributed by atoms with van der Waals surface area (Å²) in [5, 5.41) is 3.47. The van der Waals surface area contributed by atoms with Crippen molar-refractivity contribution in [2.75, 3.05) is 0 Å². The fourth-order valence-electron chi connectivity index (χ4n) is 2.24. The monoisotopic (exact) mass is 259 g/mol. The molecule has 0 saturated carbocycles. The van der Waals surface area contributed by atoms with Crippen molar-refractivity contribution in [3.63, 3.8) is 0 Å². The van der Waals surface area contributed by atoms with Gasteiger partial charge in [-0.05, 0) is 25.0 Å². The van der Waals surface area contributed by atoms with E-state index in [2.05, 4.69) is 24.1 Å². The molecule has 4 nitrogen and oxygen atoms in total. The van der Waals surface area contributed by atoms with Crippen molar-refractivity contribution in [3.8, 4) is 0 Å². The van der Waals surface area contributed by atoms with Gasteiger partial charge >= 0.3 is 0 Å². The Morgan fingerprint density at radius 2 is 2.21 bits per heavy atom. The van der Waals surface area contributed by atoms with Crippen LogP contribution in [0.25, 0.3) is 5.65 Å². The second-order valence-electron chi connectivity index (χ2n) is 4.79. The largest absolute Gasteiger partial charge is 0.308 e. The van der Waals surface area contributed by atoms with Crippen LogP contribution in [-0.4, -0.2) is 15.4 Å². The third-order valence-electron chi connectivity index (χ3n) is 3.33. The number of hydrogen-bond acceptors (Lipinski definition) is 3. The third kappa shape index (κ3) is 3.41. The second kappa shape index (κ2) is 6.48. The Kier molecular flexibility index (Phi) is 4.68. The standard InChI is InChI=1S/C15H21N3O/c1-3-7-12(4-2)16-11-13-10-15(19)18-9-6-5-8-14(18)17-13/h5-6,8-10,12,16H,3-4,7,11H2,1-2H3. The minimum atomic E-state index is -0.0223. The lowest BCUT2D eigenvalue weighted by Gasteiger charge is -2.15. The van der Waals surface area contributed by atoms with E-state index in [1.54, 1.807) is 16.7 Å². The number of nitrogens with zero attached hydrogens (tertiary/aromatic N) is 2. The average Bonchev–Trinajstić information content (AvgIpc) is 2.43. The Bertz CT molecular complexity index is 591. The molecule has 102 valence electrons. The summed E-state index contributed by atoms with van der Waals surface area (Å²) in [7, 11) is 0. The zero-order valence-corrected chi connectivity index (χ0v) is 11.6. The molecule has 4 heteroatoms. The van der Waals surface area contributed by atoms with Crippen LogP contribution in [0.2, 0.25) is 0 Å². The molecule has 2 heterocycles. The van der Waals surface area contributed by atoms with Gasteiger partial charge in [-0.15, -0.1) is 0 Å². The minimum absolute atomic E-state index is 0.0223. The maximum absolute atomic E-state index is 11.9. The Hall–Kier alpha value is -1.68. The van der Waals surface area contributed by atoms with Crippen molar-refractivity contribution in [1.29, 1.82) is 0 Å². The molecule has 0 aliphatic rings. The fourth-order valence-corrected chi connectivity index (χ4v) is 2.24. The molecule has 0 spiro atoms. The van der Waals surface area contributed by atoms with Gasteiger partial charge in [-0.2, -0.15) is 0 Å². The highest BCUT2D eigenvalue weighted by Crippen LogP contribution is 2.03. The van der Waals surface area contributed by atoms with Gasteiger partial charge in [0, 0.05) is 24.8 Å². The molecule has 0 saturated heterocycles. The minimum Gasteiger partial charge on any atom is -0.308 e. The summed E-state index contributed by atoms with van der Waals surface area (Å²) in [6.07, 6.45) is 5.16. The van der Waals surface area contributed by atoms with Crippen LogP contribution in [0.3, 0.4) is 0 Å². The van der Waals surface area contributed by atoms with Crippen molar-refractivity contribution in [2.45, 2.75) is 45.7 Å². The lowest BCUT2D eigenvalue weighted by molar-refractivity contribution is 0.459. The van der Waals surface area contributed by atoms with Gasteiger partial charge in [0.15, 0.2) is 0 Å². The molecule has 0 radical (unpaired) electrons. The van der Waals surface area contributed by atoms with E-state index >= 15 is 0 Å². The smallest absolute Gasteiger partial charge is 0.258 e. The van der Waals surface area contributed by atoms with E-state index in [-0.39, 0.29) is 5.56 Å². The number of nitrogens with one attached hydrogen (secondary N) is 1. The Labute approximate surface area is 113 Å². The van der Waals surface area contributed by atoms with Gasteiger partial charge in [-0.1, -0.05) is 26.3 Å². The zero-order valence-electron chi connectivity index (χ0n) is 11.6. The van der Waals surface area contributed by atoms with Gasteiger partial charge in [-0.25, -0.2) is 4.98 Å². The number of fused-ring (bicyclic) bond motifs is 1. The Morgan fingerprint density at radius 3 is 2.95 bits per heavy atom. The van der Waals surface area contributed by atoms with Crippen LogP contribution >= 0.6 is 0 Å². The lowest BCUT2D eigenvalue weighted by Crippen LogP contribution is -2.29. The van der Waals surface area contributed by atoms with Crippen molar-refractivity contribution >= 4 is 5.65 Å². The lowest BCUT2D eigenvalue weighted by atomic mass is 10.1. The van der Waals surface area contributed by atoms with E-state index in [0.717, 1.165) is 18.5 Å². The molecule has 1 atom stereocenters. The summed E-state index contributed by atoms with van der Waals surface area (Å²) < 4.78 is 1.56. The van der Waals surface area contributed by atoms with E-state index in [4.69, 9.17) is 0 Å². The summed E-state index contributed by atoms with van der Waals surface area (Å²) in [6, 6.07) is 7.70. The van der Waals surface area contributed by atoms with Crippen LogP contribution in [0.15, 0.2) is 35.3 Å². The molecule has 1 unspecified atom stereocenters. The fraction of sp³-hybridized carbons (Fsp3) is 0.467. The molecule has 0 aliphatic heterocycles. The first-order valence-electron chi connectivity index (χ1n) is 6.95. The first-order chi connectivity index (χ1) is 9.24. The maximum atomic E-state index is 11.9. The summed E-state index contributed by atoms with van der Waals surface area (Å²) in [5.74, 6) is 0. The van der Waals surface area contributed by atoms with E-state index in [9.17, 15) is 4.79 Å². The maximum Gasteiger partial charge on any atom is 0.258 e. The Balaban J connectivity index is 2.15. The highest BCUT2D eigenvalue weighted by molar-refractivity contribution is 5.37. The first kappa shape index (κ1) is 13.7. The molecule has 0 amide bonds. The van der Waals surface area contributed by atoms with Gasteiger partial charge in [0.1, 0.15) is 5.65 Å². The molecular formula is C15H21N3O. The highest BCUT2D eigenvalue weighted by Gasteiger charge is 2.06. The molecule has 2 rings (SSSR count). The molecular weight excluding hydrogens is 238 g/mol. The van der Waals surface area contributed by atoms with Crippen LogP contribution in [-0.2, 0) is 6.54 Å². The van der Waals surface area contributed by atoms with Gasteiger partial charge in [0.25, 0.3) is 5.56 Å². The van der Waals surface area contributed by atoms with Crippen molar-refractivity contribution in [2.24, 2.45) is 0 Å². The van der Waals surface area contributed by atoms with Crippen LogP contribution < -0.4 is 10.9 Å². The molecule has 0 fully saturated rings. The van der Waals surface area contributed by atoms with Crippen molar-refractivity contribution in [1.82, 2.24) is 14.7 Å². The second-order valence-corrected chi connectivity index (χ2v) is 4.79. The topological polar surface area (TPSA) is 46.4 Å². The first-order valence-corrected chi connectivity index (χ1v) is 6.95. The molecule has 2 aromatic rings. The van der Waals surface area contributed by atoms with Gasteiger partial charge in [0.2, 0.25) is 0 Å². The number of pyridine rings is 1. The zero-order chi connectivity index (χ0) is 13.7. The summed E-state index contributed by atoms with van der Waals surface area (Å²) in [6.45, 7) is 5.01. The summed E-state index contributed by atoms with van der Waals surface area (Å²) in [4.78, 5) is 16.4. The predicted octanol–water partition coefficient (Wildman–Crippen LogP) is 2.36. The average molecular weight is 259 g/mol. The highest BCUT2D eigenvalue weighted by atomic mass is 16.1. The van der Waals surface area contributed by atoms with Crippen molar-refractivity contribution < 1.29 is 0 Å². The van der Waals surface area contributed by atoms with Gasteiger partial charge in [-0.3, -0.25) is 9.20 Å². The number of aromatic nitrogens is 2.